The van der Waals surface area contributed by atoms with Gasteiger partial charge in [-0.05, 0) is 32.6 Å². The molecule has 3 heteroatoms. The van der Waals surface area contributed by atoms with Gasteiger partial charge in [-0.3, -0.25) is 4.79 Å². The second-order valence-corrected chi connectivity index (χ2v) is 12.5. The molecule has 3 atom stereocenters. The van der Waals surface area contributed by atoms with E-state index in [4.69, 9.17) is 4.74 Å². The molecule has 1 saturated heterocycles. The fourth-order valence-electron chi connectivity index (χ4n) is 6.75. The van der Waals surface area contributed by atoms with Crippen molar-refractivity contribution < 1.29 is 9.53 Å². The molecular weight excluding hydrogens is 430 g/mol. The van der Waals surface area contributed by atoms with Crippen LogP contribution < -0.4 is 5.32 Å². The molecule has 0 amide bonds. The summed E-state index contributed by atoms with van der Waals surface area (Å²) < 4.78 is 6.17. The van der Waals surface area contributed by atoms with E-state index in [0.717, 1.165) is 19.3 Å². The highest BCUT2D eigenvalue weighted by Crippen LogP contribution is 2.44. The third-order valence-electron chi connectivity index (χ3n) is 9.43. The van der Waals surface area contributed by atoms with Crippen LogP contribution >= 0.6 is 0 Å². The van der Waals surface area contributed by atoms with Crippen molar-refractivity contribution in [2.45, 2.75) is 193 Å². The van der Waals surface area contributed by atoms with Gasteiger partial charge in [-0.15, -0.1) is 0 Å². The zero-order chi connectivity index (χ0) is 25.4. The second-order valence-electron chi connectivity index (χ2n) is 12.5. The van der Waals surface area contributed by atoms with Crippen molar-refractivity contribution in [1.82, 2.24) is 5.32 Å². The maximum absolute atomic E-state index is 12.7. The van der Waals surface area contributed by atoms with Crippen LogP contribution in [0.4, 0.5) is 0 Å². The van der Waals surface area contributed by atoms with E-state index < -0.39 is 0 Å². The van der Waals surface area contributed by atoms with Crippen LogP contribution in [0.2, 0.25) is 0 Å². The monoisotopic (exact) mass is 491 g/mol. The Balaban J connectivity index is 1.52. The summed E-state index contributed by atoms with van der Waals surface area (Å²) in [6.45, 7) is 9.23. The first kappa shape index (κ1) is 30.7. The molecule has 2 rings (SSSR count). The molecule has 1 heterocycles. The molecule has 0 aromatic carbocycles. The van der Waals surface area contributed by atoms with E-state index in [2.05, 4.69) is 33.0 Å². The first-order valence-electron chi connectivity index (χ1n) is 15.9. The first-order chi connectivity index (χ1) is 16.9. The minimum atomic E-state index is 0.0443. The summed E-state index contributed by atoms with van der Waals surface area (Å²) in [7, 11) is 0. The normalized spacial score (nSPS) is 26.2. The Kier molecular flexibility index (Phi) is 14.9. The van der Waals surface area contributed by atoms with Gasteiger partial charge in [0.2, 0.25) is 0 Å². The highest BCUT2D eigenvalue weighted by molar-refractivity contribution is 5.69. The molecule has 1 aliphatic carbocycles. The predicted octanol–water partition coefficient (Wildman–Crippen LogP) is 9.66. The summed E-state index contributed by atoms with van der Waals surface area (Å²) >= 11 is 0. The quantitative estimate of drug-likeness (QED) is 0.153. The van der Waals surface area contributed by atoms with E-state index in [9.17, 15) is 4.79 Å². The van der Waals surface area contributed by atoms with Gasteiger partial charge < -0.3 is 10.1 Å². The number of rotatable bonds is 18. The molecule has 3 nitrogen and oxygen atoms in total. The van der Waals surface area contributed by atoms with Gasteiger partial charge in [-0.2, -0.15) is 0 Å². The fraction of sp³-hybridized carbons (Fsp3) is 0.969. The molecule has 1 aliphatic heterocycles. The number of hydrogen-bond donors (Lipinski definition) is 1. The van der Waals surface area contributed by atoms with Gasteiger partial charge in [0, 0.05) is 29.8 Å². The third-order valence-corrected chi connectivity index (χ3v) is 9.43. The summed E-state index contributed by atoms with van der Waals surface area (Å²) in [5.41, 5.74) is 0.254. The van der Waals surface area contributed by atoms with Gasteiger partial charge in [0.25, 0.3) is 0 Å². The Morgan fingerprint density at radius 3 is 1.74 bits per heavy atom. The number of hydrogen-bond acceptors (Lipinski definition) is 3. The number of nitrogens with one attached hydrogen (secondary N) is 1. The molecule has 35 heavy (non-hydrogen) atoms. The van der Waals surface area contributed by atoms with Crippen LogP contribution in [0, 0.1) is 5.92 Å². The van der Waals surface area contributed by atoms with Crippen molar-refractivity contribution in [3.05, 3.63) is 0 Å². The Bertz CT molecular complexity index is 556. The van der Waals surface area contributed by atoms with Crippen LogP contribution in [0.3, 0.4) is 0 Å². The summed E-state index contributed by atoms with van der Waals surface area (Å²) in [5, 5.41) is 4.06. The van der Waals surface area contributed by atoms with E-state index in [1.807, 2.05) is 0 Å². The van der Waals surface area contributed by atoms with Crippen LogP contribution in [0.15, 0.2) is 0 Å². The van der Waals surface area contributed by atoms with Gasteiger partial charge in [0.1, 0.15) is 6.10 Å². The Morgan fingerprint density at radius 1 is 0.771 bits per heavy atom. The predicted molar refractivity (Wildman–Crippen MR) is 151 cm³/mol. The summed E-state index contributed by atoms with van der Waals surface area (Å²) in [6, 6.07) is 0. The molecule has 0 aromatic rings. The molecule has 0 aromatic heterocycles. The highest BCUT2D eigenvalue weighted by Gasteiger charge is 2.51. The average Bonchev–Trinajstić information content (AvgIpc) is 2.85. The standard InChI is InChI=1S/C32H61NO2/c1-5-7-8-9-10-11-12-13-14-15-16-17-18-19-21-24-30(34)35-29-27-31(4,6-2)33-32(28(29)3)25-22-20-23-26-32/h28-29,33H,5-27H2,1-4H3. The lowest BCUT2D eigenvalue weighted by molar-refractivity contribution is -0.160. The number of carbonyl (C=O) groups excluding carboxylic acids is 1. The lowest BCUT2D eigenvalue weighted by atomic mass is 9.64. The van der Waals surface area contributed by atoms with Crippen molar-refractivity contribution in [1.29, 1.82) is 0 Å². The molecule has 0 bridgehead atoms. The summed E-state index contributed by atoms with van der Waals surface area (Å²) in [4.78, 5) is 12.7. The molecule has 2 aliphatic rings. The molecule has 2 fully saturated rings. The summed E-state index contributed by atoms with van der Waals surface area (Å²) in [5.74, 6) is 0.454. The van der Waals surface area contributed by atoms with Crippen LogP contribution in [-0.2, 0) is 9.53 Å². The van der Waals surface area contributed by atoms with Crippen LogP contribution in [-0.4, -0.2) is 23.2 Å². The smallest absolute Gasteiger partial charge is 0.306 e. The van der Waals surface area contributed by atoms with Gasteiger partial charge in [-0.1, -0.05) is 130 Å². The second kappa shape index (κ2) is 17.0. The van der Waals surface area contributed by atoms with Crippen molar-refractivity contribution in [3.8, 4) is 0 Å². The van der Waals surface area contributed by atoms with E-state index in [1.54, 1.807) is 0 Å². The molecule has 1 saturated carbocycles. The highest BCUT2D eigenvalue weighted by atomic mass is 16.5. The lowest BCUT2D eigenvalue weighted by Gasteiger charge is -2.56. The fourth-order valence-corrected chi connectivity index (χ4v) is 6.75. The SMILES string of the molecule is CCCCCCCCCCCCCCCCCC(=O)OC1CC(C)(CC)NC2(CCCCC2)C1C. The number of carbonyl (C=O) groups is 1. The maximum atomic E-state index is 12.7. The molecule has 1 N–H and O–H groups in total. The van der Waals surface area contributed by atoms with Crippen molar-refractivity contribution >= 4 is 5.97 Å². The van der Waals surface area contributed by atoms with E-state index in [0.29, 0.717) is 12.3 Å². The average molecular weight is 492 g/mol. The number of unbranched alkanes of at least 4 members (excludes halogenated alkanes) is 14. The topological polar surface area (TPSA) is 38.3 Å². The molecular formula is C32H61NO2. The number of ether oxygens (including phenoxy) is 1. The summed E-state index contributed by atoms with van der Waals surface area (Å²) in [6.07, 6.45) is 29.5. The minimum Gasteiger partial charge on any atom is -0.462 e. The lowest BCUT2D eigenvalue weighted by Crippen LogP contribution is -2.68. The van der Waals surface area contributed by atoms with Crippen LogP contribution in [0.25, 0.3) is 0 Å². The number of piperidine rings is 1. The molecule has 3 unspecified atom stereocenters. The van der Waals surface area contributed by atoms with Crippen molar-refractivity contribution in [2.75, 3.05) is 0 Å². The zero-order valence-electron chi connectivity index (χ0n) is 24.2. The van der Waals surface area contributed by atoms with Gasteiger partial charge in [0.05, 0.1) is 0 Å². The van der Waals surface area contributed by atoms with Gasteiger partial charge in [-0.25, -0.2) is 0 Å². The van der Waals surface area contributed by atoms with Crippen LogP contribution in [0.5, 0.6) is 0 Å². The van der Waals surface area contributed by atoms with Gasteiger partial charge in [0.15, 0.2) is 0 Å². The largest absolute Gasteiger partial charge is 0.462 e. The minimum absolute atomic E-state index is 0.0443. The van der Waals surface area contributed by atoms with Crippen molar-refractivity contribution in [3.63, 3.8) is 0 Å². The van der Waals surface area contributed by atoms with E-state index >= 15 is 0 Å². The maximum Gasteiger partial charge on any atom is 0.306 e. The number of esters is 1. The first-order valence-corrected chi connectivity index (χ1v) is 15.9. The van der Waals surface area contributed by atoms with E-state index in [1.165, 1.54) is 122 Å². The Labute approximate surface area is 219 Å². The Morgan fingerprint density at radius 2 is 1.26 bits per heavy atom. The van der Waals surface area contributed by atoms with Gasteiger partial charge >= 0.3 is 5.97 Å². The third kappa shape index (κ3) is 11.1. The van der Waals surface area contributed by atoms with Crippen molar-refractivity contribution in [2.24, 2.45) is 5.92 Å². The molecule has 1 spiro atoms. The Hall–Kier alpha value is -0.570. The zero-order valence-corrected chi connectivity index (χ0v) is 24.2. The molecule has 0 radical (unpaired) electrons. The van der Waals surface area contributed by atoms with E-state index in [-0.39, 0.29) is 23.2 Å². The van der Waals surface area contributed by atoms with Crippen LogP contribution in [0.1, 0.15) is 175 Å². The molecule has 206 valence electrons.